The minimum Gasteiger partial charge on any atom is -0.302 e. The zero-order valence-electron chi connectivity index (χ0n) is 13.3. The number of amides is 2. The first-order chi connectivity index (χ1) is 11.6. The Morgan fingerprint density at radius 1 is 0.958 bits per heavy atom. The maximum Gasteiger partial charge on any atom is 0.269 e. The van der Waals surface area contributed by atoms with E-state index in [0.29, 0.717) is 18.4 Å². The zero-order chi connectivity index (χ0) is 17.4. The van der Waals surface area contributed by atoms with Gasteiger partial charge in [0.05, 0.1) is 0 Å². The molecule has 2 rings (SSSR count). The number of nitrogens with one attached hydrogen (secondary N) is 3. The Balaban J connectivity index is 1.74. The molecule has 0 aliphatic carbocycles. The molecule has 0 aromatic heterocycles. The molecule has 3 N–H and O–H groups in total. The summed E-state index contributed by atoms with van der Waals surface area (Å²) in [6.07, 6.45) is 0.947. The number of carbonyl (C=O) groups excluding carboxylic acids is 2. The Bertz CT molecular complexity index is 732. The minimum absolute atomic E-state index is 0.0648. The molecule has 5 nitrogen and oxygen atoms in total. The van der Waals surface area contributed by atoms with Crippen molar-refractivity contribution in [3.8, 4) is 0 Å². The second kappa shape index (κ2) is 8.79. The van der Waals surface area contributed by atoms with Gasteiger partial charge < -0.3 is 5.32 Å². The van der Waals surface area contributed by atoms with E-state index in [4.69, 9.17) is 12.2 Å². The highest BCUT2D eigenvalue weighted by Gasteiger charge is 2.09. The van der Waals surface area contributed by atoms with E-state index in [0.717, 1.165) is 11.1 Å². The smallest absolute Gasteiger partial charge is 0.269 e. The van der Waals surface area contributed by atoms with Gasteiger partial charge >= 0.3 is 0 Å². The van der Waals surface area contributed by atoms with Crippen molar-refractivity contribution >= 4 is 29.1 Å². The lowest BCUT2D eigenvalue weighted by Crippen LogP contribution is -2.48. The predicted octanol–water partition coefficient (Wildman–Crippen LogP) is 2.26. The average molecular weight is 341 g/mol. The fourth-order valence-electron chi connectivity index (χ4n) is 2.13. The first-order valence-corrected chi connectivity index (χ1v) is 7.97. The van der Waals surface area contributed by atoms with Gasteiger partial charge in [0.2, 0.25) is 5.91 Å². The van der Waals surface area contributed by atoms with Crippen molar-refractivity contribution in [3.63, 3.8) is 0 Å². The minimum atomic E-state index is -0.311. The number of aryl methyl sites for hydroxylation is 2. The summed E-state index contributed by atoms with van der Waals surface area (Å²) in [5, 5.41) is 2.60. The zero-order valence-corrected chi connectivity index (χ0v) is 14.2. The number of hydrazine groups is 1. The summed E-state index contributed by atoms with van der Waals surface area (Å²) >= 11 is 5.00. The molecular weight excluding hydrogens is 322 g/mol. The summed E-state index contributed by atoms with van der Waals surface area (Å²) in [6.45, 7) is 1.85. The molecule has 2 aromatic rings. The predicted molar refractivity (Wildman–Crippen MR) is 97.3 cm³/mol. The molecule has 0 fully saturated rings. The van der Waals surface area contributed by atoms with Crippen LogP contribution in [0.1, 0.15) is 27.9 Å². The van der Waals surface area contributed by atoms with Crippen LogP contribution in [0, 0.1) is 6.92 Å². The maximum absolute atomic E-state index is 12.0. The summed E-state index contributed by atoms with van der Waals surface area (Å²) in [6, 6.07) is 16.9. The summed E-state index contributed by atoms with van der Waals surface area (Å²) in [7, 11) is 0. The summed E-state index contributed by atoms with van der Waals surface area (Å²) in [5.74, 6) is -0.518. The van der Waals surface area contributed by atoms with E-state index in [-0.39, 0.29) is 16.9 Å². The van der Waals surface area contributed by atoms with Crippen molar-refractivity contribution < 1.29 is 9.59 Å². The van der Waals surface area contributed by atoms with E-state index in [1.807, 2.05) is 49.4 Å². The van der Waals surface area contributed by atoms with Gasteiger partial charge in [-0.3, -0.25) is 20.4 Å². The Kier molecular flexibility index (Phi) is 6.45. The van der Waals surface area contributed by atoms with E-state index in [2.05, 4.69) is 16.2 Å². The molecule has 0 saturated heterocycles. The molecule has 0 aliphatic heterocycles. The Morgan fingerprint density at radius 2 is 1.62 bits per heavy atom. The van der Waals surface area contributed by atoms with Crippen LogP contribution in [0.5, 0.6) is 0 Å². The normalized spacial score (nSPS) is 9.88. The number of hydrogen-bond donors (Lipinski definition) is 3. The van der Waals surface area contributed by atoms with Gasteiger partial charge in [-0.15, -0.1) is 0 Å². The van der Waals surface area contributed by atoms with Crippen molar-refractivity contribution in [2.75, 3.05) is 0 Å². The maximum atomic E-state index is 12.0. The molecule has 0 heterocycles. The van der Waals surface area contributed by atoms with Gasteiger partial charge in [0, 0.05) is 12.0 Å². The third kappa shape index (κ3) is 5.48. The topological polar surface area (TPSA) is 70.2 Å². The number of hydrogen-bond acceptors (Lipinski definition) is 3. The van der Waals surface area contributed by atoms with Crippen LogP contribution in [0.3, 0.4) is 0 Å². The van der Waals surface area contributed by atoms with E-state index in [1.54, 1.807) is 12.1 Å². The number of thiocarbonyl (C=S) groups is 1. The highest BCUT2D eigenvalue weighted by molar-refractivity contribution is 7.80. The lowest BCUT2D eigenvalue weighted by Gasteiger charge is -2.11. The van der Waals surface area contributed by atoms with E-state index < -0.39 is 0 Å². The van der Waals surface area contributed by atoms with Crippen LogP contribution in [0.2, 0.25) is 0 Å². The van der Waals surface area contributed by atoms with Crippen LogP contribution < -0.4 is 16.2 Å². The van der Waals surface area contributed by atoms with Gasteiger partial charge in [0.15, 0.2) is 5.11 Å². The molecule has 6 heteroatoms. The van der Waals surface area contributed by atoms with Gasteiger partial charge in [0.1, 0.15) is 0 Å². The van der Waals surface area contributed by atoms with Crippen LogP contribution >= 0.6 is 12.2 Å². The van der Waals surface area contributed by atoms with E-state index >= 15 is 0 Å². The van der Waals surface area contributed by atoms with Crippen molar-refractivity contribution in [2.24, 2.45) is 0 Å². The largest absolute Gasteiger partial charge is 0.302 e. The third-order valence-electron chi connectivity index (χ3n) is 3.42. The van der Waals surface area contributed by atoms with Crippen LogP contribution in [0.15, 0.2) is 54.6 Å². The fraction of sp³-hybridized carbons (Fsp3) is 0.167. The molecule has 0 spiro atoms. The van der Waals surface area contributed by atoms with Gasteiger partial charge in [-0.25, -0.2) is 0 Å². The van der Waals surface area contributed by atoms with Crippen molar-refractivity contribution in [1.29, 1.82) is 0 Å². The molecule has 2 aromatic carbocycles. The second-order valence-electron chi connectivity index (χ2n) is 5.26. The average Bonchev–Trinajstić information content (AvgIpc) is 2.59. The number of rotatable bonds is 4. The Hall–Kier alpha value is -2.73. The molecule has 0 saturated carbocycles. The SMILES string of the molecule is Cc1ccccc1C(=O)NNC(=S)NC(=O)CCc1ccccc1. The summed E-state index contributed by atoms with van der Waals surface area (Å²) in [4.78, 5) is 23.9. The molecule has 0 unspecified atom stereocenters. The van der Waals surface area contributed by atoms with Gasteiger partial charge in [0.25, 0.3) is 5.91 Å². The highest BCUT2D eigenvalue weighted by atomic mass is 32.1. The van der Waals surface area contributed by atoms with Gasteiger partial charge in [-0.05, 0) is 42.8 Å². The Labute approximate surface area is 146 Å². The van der Waals surface area contributed by atoms with E-state index in [1.165, 1.54) is 0 Å². The molecule has 124 valence electrons. The van der Waals surface area contributed by atoms with Crippen molar-refractivity contribution in [2.45, 2.75) is 19.8 Å². The van der Waals surface area contributed by atoms with E-state index in [9.17, 15) is 9.59 Å². The second-order valence-corrected chi connectivity index (χ2v) is 5.67. The van der Waals surface area contributed by atoms with Crippen LogP contribution in [-0.4, -0.2) is 16.9 Å². The summed E-state index contributed by atoms with van der Waals surface area (Å²) in [5.41, 5.74) is 7.49. The number of benzene rings is 2. The van der Waals surface area contributed by atoms with Crippen LogP contribution in [0.4, 0.5) is 0 Å². The monoisotopic (exact) mass is 341 g/mol. The molecule has 0 aliphatic rings. The summed E-state index contributed by atoms with van der Waals surface area (Å²) < 4.78 is 0. The molecular formula is C18H19N3O2S. The Morgan fingerprint density at radius 3 is 2.33 bits per heavy atom. The standard InChI is InChI=1S/C18H19N3O2S/c1-13-7-5-6-10-15(13)17(23)20-21-18(24)19-16(22)12-11-14-8-3-2-4-9-14/h2-10H,11-12H2,1H3,(H,20,23)(H2,19,21,22,24). The molecule has 0 radical (unpaired) electrons. The molecule has 24 heavy (non-hydrogen) atoms. The molecule has 0 atom stereocenters. The quantitative estimate of drug-likeness (QED) is 0.589. The van der Waals surface area contributed by atoms with Crippen LogP contribution in [-0.2, 0) is 11.2 Å². The lowest BCUT2D eigenvalue weighted by molar-refractivity contribution is -0.119. The third-order valence-corrected chi connectivity index (χ3v) is 3.62. The molecule has 0 bridgehead atoms. The number of carbonyl (C=O) groups is 2. The van der Waals surface area contributed by atoms with Gasteiger partial charge in [-0.2, -0.15) is 0 Å². The fourth-order valence-corrected chi connectivity index (χ4v) is 2.30. The lowest BCUT2D eigenvalue weighted by atomic mass is 10.1. The first-order valence-electron chi connectivity index (χ1n) is 7.56. The van der Waals surface area contributed by atoms with Crippen LogP contribution in [0.25, 0.3) is 0 Å². The highest BCUT2D eigenvalue weighted by Crippen LogP contribution is 2.05. The van der Waals surface area contributed by atoms with Crippen molar-refractivity contribution in [1.82, 2.24) is 16.2 Å². The first kappa shape index (κ1) is 17.6. The molecule has 2 amide bonds. The van der Waals surface area contributed by atoms with Gasteiger partial charge in [-0.1, -0.05) is 48.5 Å². The van der Waals surface area contributed by atoms with Crippen molar-refractivity contribution in [3.05, 3.63) is 71.3 Å².